The van der Waals surface area contributed by atoms with E-state index in [4.69, 9.17) is 0 Å². The largest absolute Gasteiger partial charge is 0.352 e. The predicted octanol–water partition coefficient (Wildman–Crippen LogP) is 2.62. The van der Waals surface area contributed by atoms with Crippen molar-refractivity contribution >= 4 is 11.8 Å². The lowest BCUT2D eigenvalue weighted by Crippen LogP contribution is -2.44. The Hall–Kier alpha value is -2.76. The van der Waals surface area contributed by atoms with E-state index in [1.165, 1.54) is 17.3 Å². The Morgan fingerprint density at radius 1 is 1.07 bits per heavy atom. The molecule has 1 fully saturated rings. The van der Waals surface area contributed by atoms with Crippen molar-refractivity contribution < 1.29 is 9.59 Å². The van der Waals surface area contributed by atoms with E-state index in [-0.39, 0.29) is 29.5 Å². The molecule has 6 heteroatoms. The van der Waals surface area contributed by atoms with Crippen LogP contribution in [-0.2, 0) is 11.3 Å². The fraction of sp³-hybridized carbons (Fsp3) is 0.429. The zero-order valence-corrected chi connectivity index (χ0v) is 16.1. The summed E-state index contributed by atoms with van der Waals surface area (Å²) >= 11 is 0. The molecule has 1 aromatic carbocycles. The molecule has 0 unspecified atom stereocenters. The number of aryl methyl sites for hydroxylation is 3. The molecule has 6 nitrogen and oxygen atoms in total. The standard InChI is InChI=1S/C21H26N4O2/c1-13-7-8-16(9-14(13)2)11-24-20(26)17-5-4-6-18(17)25-21(27)19-12-22-15(3)10-23-19/h7-10,12,17-18H,4-6,11H2,1-3H3,(H,24,26)(H,25,27)/t17-,18+/m0/s1. The fourth-order valence-corrected chi connectivity index (χ4v) is 3.43. The van der Waals surface area contributed by atoms with Crippen molar-refractivity contribution in [3.05, 3.63) is 58.7 Å². The van der Waals surface area contributed by atoms with Crippen LogP contribution in [0.1, 0.15) is 52.1 Å². The van der Waals surface area contributed by atoms with E-state index >= 15 is 0 Å². The fourth-order valence-electron chi connectivity index (χ4n) is 3.43. The van der Waals surface area contributed by atoms with Gasteiger partial charge in [-0.3, -0.25) is 14.6 Å². The molecule has 2 N–H and O–H groups in total. The lowest BCUT2D eigenvalue weighted by atomic mass is 10.0. The monoisotopic (exact) mass is 366 g/mol. The minimum absolute atomic E-state index is 0.00832. The summed E-state index contributed by atoms with van der Waals surface area (Å²) in [5, 5.41) is 5.98. The maximum absolute atomic E-state index is 12.7. The second-order valence-electron chi connectivity index (χ2n) is 7.30. The third kappa shape index (κ3) is 4.70. The first-order valence-electron chi connectivity index (χ1n) is 9.37. The van der Waals surface area contributed by atoms with E-state index in [2.05, 4.69) is 46.6 Å². The Kier molecular flexibility index (Phi) is 5.84. The van der Waals surface area contributed by atoms with Crippen LogP contribution in [0.5, 0.6) is 0 Å². The highest BCUT2D eigenvalue weighted by atomic mass is 16.2. The van der Waals surface area contributed by atoms with Gasteiger partial charge in [0.15, 0.2) is 0 Å². The number of rotatable bonds is 5. The van der Waals surface area contributed by atoms with Crippen molar-refractivity contribution in [2.75, 3.05) is 0 Å². The number of benzene rings is 1. The molecule has 27 heavy (non-hydrogen) atoms. The molecule has 1 aliphatic carbocycles. The highest BCUT2D eigenvalue weighted by Gasteiger charge is 2.34. The van der Waals surface area contributed by atoms with E-state index in [1.54, 1.807) is 6.20 Å². The topological polar surface area (TPSA) is 84.0 Å². The van der Waals surface area contributed by atoms with Crippen molar-refractivity contribution in [2.45, 2.75) is 52.6 Å². The maximum atomic E-state index is 12.7. The molecule has 0 saturated heterocycles. The van der Waals surface area contributed by atoms with Crippen molar-refractivity contribution in [3.63, 3.8) is 0 Å². The molecule has 1 aromatic heterocycles. The van der Waals surface area contributed by atoms with Crippen LogP contribution >= 0.6 is 0 Å². The number of hydrogen-bond acceptors (Lipinski definition) is 4. The molecular formula is C21H26N4O2. The number of hydrogen-bond donors (Lipinski definition) is 2. The Morgan fingerprint density at radius 2 is 1.89 bits per heavy atom. The quantitative estimate of drug-likeness (QED) is 0.852. The summed E-state index contributed by atoms with van der Waals surface area (Å²) in [5.41, 5.74) is 4.58. The highest BCUT2D eigenvalue weighted by Crippen LogP contribution is 2.26. The van der Waals surface area contributed by atoms with Gasteiger partial charge in [-0.15, -0.1) is 0 Å². The van der Waals surface area contributed by atoms with Crippen LogP contribution in [-0.4, -0.2) is 27.8 Å². The molecule has 0 spiro atoms. The van der Waals surface area contributed by atoms with Gasteiger partial charge >= 0.3 is 0 Å². The van der Waals surface area contributed by atoms with E-state index in [1.807, 2.05) is 13.0 Å². The third-order valence-corrected chi connectivity index (χ3v) is 5.22. The van der Waals surface area contributed by atoms with Gasteiger partial charge in [0, 0.05) is 18.8 Å². The summed E-state index contributed by atoms with van der Waals surface area (Å²) < 4.78 is 0. The number of nitrogens with zero attached hydrogens (tertiary/aromatic N) is 2. The van der Waals surface area contributed by atoms with E-state index in [9.17, 15) is 9.59 Å². The van der Waals surface area contributed by atoms with Gasteiger partial charge < -0.3 is 10.6 Å². The van der Waals surface area contributed by atoms with Crippen LogP contribution in [0.15, 0.2) is 30.6 Å². The van der Waals surface area contributed by atoms with Crippen molar-refractivity contribution in [2.24, 2.45) is 5.92 Å². The molecular weight excluding hydrogens is 340 g/mol. The summed E-state index contributed by atoms with van der Waals surface area (Å²) in [7, 11) is 0. The summed E-state index contributed by atoms with van der Waals surface area (Å²) in [6.45, 7) is 6.46. The summed E-state index contributed by atoms with van der Waals surface area (Å²) in [6.07, 6.45) is 5.54. The van der Waals surface area contributed by atoms with Crippen LogP contribution in [0.4, 0.5) is 0 Å². The summed E-state index contributed by atoms with van der Waals surface area (Å²) in [5.74, 6) is -0.494. The Bertz CT molecular complexity index is 833. The van der Waals surface area contributed by atoms with E-state index < -0.39 is 0 Å². The normalized spacial score (nSPS) is 18.9. The lowest BCUT2D eigenvalue weighted by molar-refractivity contribution is -0.125. The SMILES string of the molecule is Cc1cnc(C(=O)N[C@@H]2CCC[C@@H]2C(=O)NCc2ccc(C)c(C)c2)cn1. The molecule has 142 valence electrons. The molecule has 2 atom stereocenters. The van der Waals surface area contributed by atoms with Gasteiger partial charge in [0.1, 0.15) is 5.69 Å². The van der Waals surface area contributed by atoms with Gasteiger partial charge in [-0.1, -0.05) is 24.6 Å². The number of carbonyl (C=O) groups excluding carboxylic acids is 2. The first-order chi connectivity index (χ1) is 12.9. The average molecular weight is 366 g/mol. The van der Waals surface area contributed by atoms with E-state index in [0.717, 1.165) is 30.5 Å². The second-order valence-corrected chi connectivity index (χ2v) is 7.30. The Labute approximate surface area is 159 Å². The summed E-state index contributed by atoms with van der Waals surface area (Å²) in [4.78, 5) is 33.2. The average Bonchev–Trinajstić information content (AvgIpc) is 3.11. The number of nitrogens with one attached hydrogen (secondary N) is 2. The maximum Gasteiger partial charge on any atom is 0.271 e. The minimum atomic E-state index is -0.277. The molecule has 2 aromatic rings. The molecule has 1 heterocycles. The van der Waals surface area contributed by atoms with Gasteiger partial charge in [-0.2, -0.15) is 0 Å². The van der Waals surface area contributed by atoms with Gasteiger partial charge in [0.25, 0.3) is 5.91 Å². The Balaban J connectivity index is 1.58. The zero-order chi connectivity index (χ0) is 19.4. The van der Waals surface area contributed by atoms with Gasteiger partial charge in [-0.05, 0) is 50.3 Å². The van der Waals surface area contributed by atoms with Crippen LogP contribution < -0.4 is 10.6 Å². The molecule has 1 saturated carbocycles. The van der Waals surface area contributed by atoms with Gasteiger partial charge in [-0.25, -0.2) is 4.98 Å². The van der Waals surface area contributed by atoms with Crippen LogP contribution in [0.3, 0.4) is 0 Å². The van der Waals surface area contributed by atoms with Crippen molar-refractivity contribution in [1.82, 2.24) is 20.6 Å². The smallest absolute Gasteiger partial charge is 0.271 e. The minimum Gasteiger partial charge on any atom is -0.352 e. The zero-order valence-electron chi connectivity index (χ0n) is 16.1. The third-order valence-electron chi connectivity index (χ3n) is 5.22. The molecule has 2 amide bonds. The molecule has 3 rings (SSSR count). The number of amides is 2. The number of aromatic nitrogens is 2. The lowest BCUT2D eigenvalue weighted by Gasteiger charge is -2.20. The molecule has 0 radical (unpaired) electrons. The van der Waals surface area contributed by atoms with Crippen molar-refractivity contribution in [3.8, 4) is 0 Å². The van der Waals surface area contributed by atoms with Crippen LogP contribution in [0.25, 0.3) is 0 Å². The van der Waals surface area contributed by atoms with Crippen LogP contribution in [0, 0.1) is 26.7 Å². The van der Waals surface area contributed by atoms with Gasteiger partial charge in [0.05, 0.1) is 17.8 Å². The van der Waals surface area contributed by atoms with Gasteiger partial charge in [0.2, 0.25) is 5.91 Å². The number of carbonyl (C=O) groups is 2. The first-order valence-corrected chi connectivity index (χ1v) is 9.37. The molecule has 0 aliphatic heterocycles. The van der Waals surface area contributed by atoms with Crippen molar-refractivity contribution in [1.29, 1.82) is 0 Å². The summed E-state index contributed by atoms with van der Waals surface area (Å²) in [6, 6.07) is 6.03. The Morgan fingerprint density at radius 3 is 2.59 bits per heavy atom. The molecule has 0 bridgehead atoms. The predicted molar refractivity (Wildman–Crippen MR) is 103 cm³/mol. The van der Waals surface area contributed by atoms with E-state index in [0.29, 0.717) is 6.54 Å². The highest BCUT2D eigenvalue weighted by molar-refractivity contribution is 5.92. The molecule has 1 aliphatic rings. The first kappa shape index (κ1) is 19.0. The van der Waals surface area contributed by atoms with Crippen LogP contribution in [0.2, 0.25) is 0 Å². The second kappa shape index (κ2) is 8.29.